The Morgan fingerprint density at radius 2 is 2.17 bits per heavy atom. The van der Waals surface area contributed by atoms with Gasteiger partial charge in [-0.15, -0.1) is 11.3 Å². The SMILES string of the molecule is Cc1nn(C)c(C)c1[C@@H]1OCC[C@H]1CNCc1csc(C2CC2)n1. The molecule has 1 N–H and O–H groups in total. The Hall–Kier alpha value is -1.24. The van der Waals surface area contributed by atoms with Crippen LogP contribution in [-0.2, 0) is 18.3 Å². The predicted octanol–water partition coefficient (Wildman–Crippen LogP) is 3.24. The summed E-state index contributed by atoms with van der Waals surface area (Å²) in [6, 6.07) is 0. The second-order valence-corrected chi connectivity index (χ2v) is 8.02. The molecule has 2 aromatic heterocycles. The fraction of sp³-hybridized carbons (Fsp3) is 0.667. The van der Waals surface area contributed by atoms with Crippen LogP contribution < -0.4 is 5.32 Å². The molecule has 2 atom stereocenters. The zero-order chi connectivity index (χ0) is 16.7. The highest BCUT2D eigenvalue weighted by atomic mass is 32.1. The van der Waals surface area contributed by atoms with Gasteiger partial charge >= 0.3 is 0 Å². The topological polar surface area (TPSA) is 52.0 Å². The minimum atomic E-state index is 0.170. The van der Waals surface area contributed by atoms with E-state index < -0.39 is 0 Å². The van der Waals surface area contributed by atoms with Crippen molar-refractivity contribution in [1.29, 1.82) is 0 Å². The van der Waals surface area contributed by atoms with Crippen LogP contribution in [0.15, 0.2) is 5.38 Å². The van der Waals surface area contributed by atoms with Crippen LogP contribution in [0.5, 0.6) is 0 Å². The van der Waals surface area contributed by atoms with Crippen LogP contribution in [0.2, 0.25) is 0 Å². The summed E-state index contributed by atoms with van der Waals surface area (Å²) in [5.41, 5.74) is 4.79. The normalized spacial score (nSPS) is 24.0. The van der Waals surface area contributed by atoms with Crippen molar-refractivity contribution in [2.45, 2.75) is 51.7 Å². The fourth-order valence-electron chi connectivity index (χ4n) is 3.67. The van der Waals surface area contributed by atoms with E-state index in [2.05, 4.69) is 29.6 Å². The number of aryl methyl sites for hydroxylation is 2. The summed E-state index contributed by atoms with van der Waals surface area (Å²) in [6.07, 6.45) is 3.93. The second kappa shape index (κ2) is 6.58. The largest absolute Gasteiger partial charge is 0.373 e. The summed E-state index contributed by atoms with van der Waals surface area (Å²) in [4.78, 5) is 4.76. The third kappa shape index (κ3) is 3.15. The number of rotatable bonds is 6. The van der Waals surface area contributed by atoms with E-state index in [4.69, 9.17) is 9.72 Å². The standard InChI is InChI=1S/C18H26N4OS/c1-11-16(12(2)22(3)21-11)17-14(6-7-23-17)8-19-9-15-10-24-18(20-15)13-4-5-13/h10,13-14,17,19H,4-9H2,1-3H3/t14-,17+/m0/s1. The van der Waals surface area contributed by atoms with Crippen molar-refractivity contribution in [3.8, 4) is 0 Å². The minimum absolute atomic E-state index is 0.170. The lowest BCUT2D eigenvalue weighted by atomic mass is 9.94. The van der Waals surface area contributed by atoms with E-state index >= 15 is 0 Å². The van der Waals surface area contributed by atoms with Crippen molar-refractivity contribution in [3.05, 3.63) is 33.0 Å². The summed E-state index contributed by atoms with van der Waals surface area (Å²) < 4.78 is 8.03. The average Bonchev–Trinajstić information content (AvgIpc) is 3.03. The van der Waals surface area contributed by atoms with Gasteiger partial charge in [-0.2, -0.15) is 5.10 Å². The third-order valence-electron chi connectivity index (χ3n) is 5.27. The average molecular weight is 347 g/mol. The summed E-state index contributed by atoms with van der Waals surface area (Å²) in [5, 5.41) is 11.7. The molecule has 1 aliphatic carbocycles. The van der Waals surface area contributed by atoms with Crippen molar-refractivity contribution in [3.63, 3.8) is 0 Å². The molecule has 4 rings (SSSR count). The van der Waals surface area contributed by atoms with E-state index in [1.807, 2.05) is 23.1 Å². The first-order valence-electron chi connectivity index (χ1n) is 8.90. The van der Waals surface area contributed by atoms with E-state index in [1.54, 1.807) is 0 Å². The second-order valence-electron chi connectivity index (χ2n) is 7.13. The molecule has 1 saturated carbocycles. The zero-order valence-electron chi connectivity index (χ0n) is 14.7. The number of ether oxygens (including phenoxy) is 1. The highest BCUT2D eigenvalue weighted by Crippen LogP contribution is 2.41. The molecule has 6 heteroatoms. The molecule has 3 heterocycles. The molecule has 2 fully saturated rings. The van der Waals surface area contributed by atoms with Crippen LogP contribution in [0.3, 0.4) is 0 Å². The maximum Gasteiger partial charge on any atom is 0.0959 e. The monoisotopic (exact) mass is 346 g/mol. The van der Waals surface area contributed by atoms with Crippen LogP contribution in [0.25, 0.3) is 0 Å². The van der Waals surface area contributed by atoms with Crippen LogP contribution >= 0.6 is 11.3 Å². The Balaban J connectivity index is 1.36. The number of nitrogens with zero attached hydrogens (tertiary/aromatic N) is 3. The number of aromatic nitrogens is 3. The van der Waals surface area contributed by atoms with Gasteiger partial charge in [-0.1, -0.05) is 0 Å². The van der Waals surface area contributed by atoms with Crippen molar-refractivity contribution in [2.75, 3.05) is 13.2 Å². The number of nitrogens with one attached hydrogen (secondary N) is 1. The van der Waals surface area contributed by atoms with Crippen molar-refractivity contribution >= 4 is 11.3 Å². The van der Waals surface area contributed by atoms with Crippen molar-refractivity contribution in [2.24, 2.45) is 13.0 Å². The van der Waals surface area contributed by atoms with Gasteiger partial charge < -0.3 is 10.1 Å². The molecular weight excluding hydrogens is 320 g/mol. The number of hydrogen-bond donors (Lipinski definition) is 1. The molecular formula is C18H26N4OS. The van der Waals surface area contributed by atoms with Crippen LogP contribution in [0, 0.1) is 19.8 Å². The lowest BCUT2D eigenvalue weighted by Crippen LogP contribution is -2.25. The van der Waals surface area contributed by atoms with Gasteiger partial charge in [-0.3, -0.25) is 4.68 Å². The first-order valence-corrected chi connectivity index (χ1v) is 9.78. The van der Waals surface area contributed by atoms with E-state index in [0.717, 1.165) is 37.7 Å². The number of thiazole rings is 1. The molecule has 0 unspecified atom stereocenters. The summed E-state index contributed by atoms with van der Waals surface area (Å²) in [6.45, 7) is 6.89. The number of hydrogen-bond acceptors (Lipinski definition) is 5. The Morgan fingerprint density at radius 3 is 2.88 bits per heavy atom. The molecule has 24 heavy (non-hydrogen) atoms. The smallest absolute Gasteiger partial charge is 0.0959 e. The highest BCUT2D eigenvalue weighted by molar-refractivity contribution is 7.09. The molecule has 0 aromatic carbocycles. The zero-order valence-corrected chi connectivity index (χ0v) is 15.5. The fourth-order valence-corrected chi connectivity index (χ4v) is 4.66. The quantitative estimate of drug-likeness (QED) is 0.872. The van der Waals surface area contributed by atoms with Gasteiger partial charge in [0.05, 0.1) is 22.5 Å². The molecule has 130 valence electrons. The Kier molecular flexibility index (Phi) is 4.45. The first kappa shape index (κ1) is 16.2. The first-order chi connectivity index (χ1) is 11.6. The van der Waals surface area contributed by atoms with Crippen LogP contribution in [-0.4, -0.2) is 27.9 Å². The summed E-state index contributed by atoms with van der Waals surface area (Å²) in [5.74, 6) is 1.26. The molecule has 2 aliphatic rings. The Bertz CT molecular complexity index is 719. The van der Waals surface area contributed by atoms with Gasteiger partial charge in [0.25, 0.3) is 0 Å². The summed E-state index contributed by atoms with van der Waals surface area (Å²) in [7, 11) is 2.01. The van der Waals surface area contributed by atoms with Gasteiger partial charge in [0.2, 0.25) is 0 Å². The molecule has 0 spiro atoms. The minimum Gasteiger partial charge on any atom is -0.373 e. The predicted molar refractivity (Wildman–Crippen MR) is 95.3 cm³/mol. The van der Waals surface area contributed by atoms with E-state index in [0.29, 0.717) is 5.92 Å². The van der Waals surface area contributed by atoms with Gasteiger partial charge in [0, 0.05) is 55.2 Å². The molecule has 2 aromatic rings. The molecule has 1 saturated heterocycles. The van der Waals surface area contributed by atoms with Gasteiger partial charge in [0.1, 0.15) is 0 Å². The van der Waals surface area contributed by atoms with Gasteiger partial charge in [0.15, 0.2) is 0 Å². The van der Waals surface area contributed by atoms with E-state index in [-0.39, 0.29) is 6.10 Å². The van der Waals surface area contributed by atoms with Crippen LogP contribution in [0.1, 0.15) is 58.9 Å². The molecule has 0 radical (unpaired) electrons. The third-order valence-corrected chi connectivity index (χ3v) is 6.33. The Labute approximate surface area is 147 Å². The lowest BCUT2D eigenvalue weighted by molar-refractivity contribution is 0.0893. The summed E-state index contributed by atoms with van der Waals surface area (Å²) >= 11 is 1.82. The van der Waals surface area contributed by atoms with Crippen molar-refractivity contribution in [1.82, 2.24) is 20.1 Å². The van der Waals surface area contributed by atoms with Crippen LogP contribution in [0.4, 0.5) is 0 Å². The molecule has 0 amide bonds. The molecule has 5 nitrogen and oxygen atoms in total. The lowest BCUT2D eigenvalue weighted by Gasteiger charge is -2.19. The maximum atomic E-state index is 6.07. The van der Waals surface area contributed by atoms with Gasteiger partial charge in [-0.25, -0.2) is 4.98 Å². The van der Waals surface area contributed by atoms with E-state index in [9.17, 15) is 0 Å². The molecule has 1 aliphatic heterocycles. The Morgan fingerprint density at radius 1 is 1.33 bits per heavy atom. The highest BCUT2D eigenvalue weighted by Gasteiger charge is 2.33. The van der Waals surface area contributed by atoms with Gasteiger partial charge in [-0.05, 0) is 33.1 Å². The molecule has 0 bridgehead atoms. The maximum absolute atomic E-state index is 6.07. The van der Waals surface area contributed by atoms with Crippen molar-refractivity contribution < 1.29 is 4.74 Å². The van der Waals surface area contributed by atoms with E-state index in [1.165, 1.54) is 34.8 Å².